The van der Waals surface area contributed by atoms with E-state index in [2.05, 4.69) is 9.97 Å². The lowest BCUT2D eigenvalue weighted by Gasteiger charge is -2.38. The van der Waals surface area contributed by atoms with Gasteiger partial charge in [0.2, 0.25) is 25.8 Å². The summed E-state index contributed by atoms with van der Waals surface area (Å²) in [7, 11) is -4.89. The van der Waals surface area contributed by atoms with Crippen molar-refractivity contribution in [3.05, 3.63) is 6.33 Å². The van der Waals surface area contributed by atoms with Crippen LogP contribution in [-0.2, 0) is 20.0 Å². The number of methoxy groups -OCH3 is 1. The second kappa shape index (κ2) is 9.17. The number of nitrogens with zero attached hydrogens (tertiary/aromatic N) is 4. The van der Waals surface area contributed by atoms with E-state index in [0.717, 1.165) is 51.4 Å². The number of sulfonamides is 2. The summed E-state index contributed by atoms with van der Waals surface area (Å²) in [5.41, 5.74) is 0. The van der Waals surface area contributed by atoms with Crippen LogP contribution in [0.1, 0.15) is 77.0 Å². The number of piperidine rings is 2. The molecule has 3 unspecified atom stereocenters. The van der Waals surface area contributed by atoms with Crippen molar-refractivity contribution in [1.29, 1.82) is 0 Å². The molecule has 4 aliphatic heterocycles. The van der Waals surface area contributed by atoms with Crippen molar-refractivity contribution in [2.24, 2.45) is 0 Å². The van der Waals surface area contributed by atoms with Gasteiger partial charge in [-0.15, -0.1) is 0 Å². The van der Waals surface area contributed by atoms with Crippen LogP contribution in [0.4, 0.5) is 0 Å². The van der Waals surface area contributed by atoms with Crippen molar-refractivity contribution in [2.75, 3.05) is 7.11 Å². The van der Waals surface area contributed by atoms with Gasteiger partial charge in [0.1, 0.15) is 18.5 Å². The van der Waals surface area contributed by atoms with Gasteiger partial charge in [-0.3, -0.25) is 0 Å². The maximum atomic E-state index is 13.0. The van der Waals surface area contributed by atoms with E-state index < -0.39 is 20.0 Å². The van der Waals surface area contributed by atoms with E-state index in [4.69, 9.17) is 14.2 Å². The summed E-state index contributed by atoms with van der Waals surface area (Å²) >= 11 is 0. The lowest BCUT2D eigenvalue weighted by Crippen LogP contribution is -2.50. The van der Waals surface area contributed by atoms with Gasteiger partial charge in [0.25, 0.3) is 11.8 Å². The Morgan fingerprint density at radius 3 is 1.34 bits per heavy atom. The van der Waals surface area contributed by atoms with Crippen LogP contribution in [-0.4, -0.2) is 89.4 Å². The molecule has 4 saturated heterocycles. The molecule has 0 aromatic carbocycles. The Morgan fingerprint density at radius 2 is 1.03 bits per heavy atom. The Balaban J connectivity index is 1.03. The van der Waals surface area contributed by atoms with Gasteiger partial charge in [-0.2, -0.15) is 18.6 Å². The van der Waals surface area contributed by atoms with Crippen LogP contribution in [0, 0.1) is 0 Å². The zero-order valence-electron chi connectivity index (χ0n) is 21.6. The molecular weight excluding hydrogens is 532 g/mol. The van der Waals surface area contributed by atoms with Gasteiger partial charge in [0.15, 0.2) is 0 Å². The van der Waals surface area contributed by atoms with E-state index in [9.17, 15) is 16.8 Å². The van der Waals surface area contributed by atoms with Gasteiger partial charge in [0.05, 0.1) is 17.6 Å². The molecule has 1 aromatic heterocycles. The molecule has 6 aliphatic rings. The normalized spacial score (nSPS) is 35.8. The predicted octanol–water partition coefficient (Wildman–Crippen LogP) is 2.22. The Labute approximate surface area is 224 Å². The van der Waals surface area contributed by atoms with Crippen molar-refractivity contribution in [1.82, 2.24) is 18.6 Å². The quantitative estimate of drug-likeness (QED) is 0.440. The Hall–Kier alpha value is -1.70. The molecule has 0 spiro atoms. The van der Waals surface area contributed by atoms with Crippen LogP contribution in [0.25, 0.3) is 0 Å². The van der Waals surface area contributed by atoms with E-state index >= 15 is 0 Å². The fourth-order valence-corrected chi connectivity index (χ4v) is 11.8. The van der Waals surface area contributed by atoms with Crippen molar-refractivity contribution in [2.45, 2.75) is 124 Å². The second-order valence-corrected chi connectivity index (χ2v) is 16.1. The average molecular weight is 569 g/mol. The molecule has 2 saturated carbocycles. The molecule has 0 radical (unpaired) electrons. The minimum atomic E-state index is -3.21. The number of fused-ring (bicyclic) bond motifs is 4. The fraction of sp³-hybridized carbons (Fsp3) is 0.840. The summed E-state index contributed by atoms with van der Waals surface area (Å²) in [5.74, 6) is 0.933. The molecule has 4 bridgehead atoms. The molecule has 5 heterocycles. The van der Waals surface area contributed by atoms with Gasteiger partial charge in [0, 0.05) is 49.9 Å². The summed E-state index contributed by atoms with van der Waals surface area (Å²) < 4.78 is 73.7. The van der Waals surface area contributed by atoms with E-state index in [1.54, 1.807) is 8.61 Å². The Kier molecular flexibility index (Phi) is 6.10. The Bertz CT molecular complexity index is 1180. The first kappa shape index (κ1) is 25.3. The summed E-state index contributed by atoms with van der Waals surface area (Å²) in [6, 6.07) is -0.109. The highest BCUT2D eigenvalue weighted by Crippen LogP contribution is 2.46. The highest BCUT2D eigenvalue weighted by Gasteiger charge is 2.53. The van der Waals surface area contributed by atoms with Gasteiger partial charge in [-0.1, -0.05) is 0 Å². The SMILES string of the molecule is COc1c(OC2CC3CCC(C2)N3S(=O)(=O)C2CC2)ncnc1OC1C[C@H]2CC[C@@H](C1)N2S(=O)(=O)C1CC1. The van der Waals surface area contributed by atoms with Crippen LogP contribution < -0.4 is 14.2 Å². The maximum absolute atomic E-state index is 13.0. The molecule has 0 amide bonds. The van der Waals surface area contributed by atoms with Crippen molar-refractivity contribution in [3.8, 4) is 17.5 Å². The number of rotatable bonds is 9. The molecule has 5 atom stereocenters. The first-order valence-electron chi connectivity index (χ1n) is 14.0. The summed E-state index contributed by atoms with van der Waals surface area (Å²) in [6.45, 7) is 0. The zero-order chi connectivity index (χ0) is 26.2. The summed E-state index contributed by atoms with van der Waals surface area (Å²) in [4.78, 5) is 8.66. The van der Waals surface area contributed by atoms with Crippen LogP contribution in [0.5, 0.6) is 17.5 Å². The lowest BCUT2D eigenvalue weighted by atomic mass is 10.0. The van der Waals surface area contributed by atoms with Gasteiger partial charge in [-0.05, 0) is 51.4 Å². The third-order valence-electron chi connectivity index (χ3n) is 9.22. The van der Waals surface area contributed by atoms with Crippen LogP contribution in [0.3, 0.4) is 0 Å². The smallest absolute Gasteiger partial charge is 0.264 e. The van der Waals surface area contributed by atoms with E-state index in [1.807, 2.05) is 0 Å². The standard InChI is InChI=1S/C25H36N4O7S2/c1-34-23-24(35-19-10-15-2-3-16(11-19)28(15)37(30,31)21-6-7-21)26-14-27-25(23)36-20-12-17-4-5-18(13-20)29(17)38(32,33)22-8-9-22/h14-22H,2-13H2,1H3/t15-,16+,17?,18?,19?,20?. The molecule has 11 nitrogen and oxygen atoms in total. The topological polar surface area (TPSA) is 128 Å². The molecule has 38 heavy (non-hydrogen) atoms. The highest BCUT2D eigenvalue weighted by molar-refractivity contribution is 7.90. The average Bonchev–Trinajstić information content (AvgIpc) is 3.79. The van der Waals surface area contributed by atoms with Crippen molar-refractivity contribution in [3.63, 3.8) is 0 Å². The number of ether oxygens (including phenoxy) is 3. The summed E-state index contributed by atoms with van der Waals surface area (Å²) in [5, 5.41) is -0.388. The predicted molar refractivity (Wildman–Crippen MR) is 137 cm³/mol. The van der Waals surface area contributed by atoms with E-state index in [1.165, 1.54) is 13.4 Å². The molecular formula is C25H36N4O7S2. The van der Waals surface area contributed by atoms with Crippen LogP contribution in [0.15, 0.2) is 6.33 Å². The summed E-state index contributed by atoms with van der Waals surface area (Å²) in [6.07, 6.45) is 10.1. The largest absolute Gasteiger partial charge is 0.487 e. The minimum absolute atomic E-state index is 0.0273. The maximum Gasteiger partial charge on any atom is 0.264 e. The minimum Gasteiger partial charge on any atom is -0.487 e. The van der Waals surface area contributed by atoms with Crippen LogP contribution in [0.2, 0.25) is 0 Å². The lowest BCUT2D eigenvalue weighted by molar-refractivity contribution is 0.0790. The first-order chi connectivity index (χ1) is 18.3. The monoisotopic (exact) mass is 568 g/mol. The number of hydrogen-bond donors (Lipinski definition) is 0. The highest BCUT2D eigenvalue weighted by atomic mass is 32.2. The third-order valence-corrected chi connectivity index (χ3v) is 14.2. The third kappa shape index (κ3) is 4.28. The van der Waals surface area contributed by atoms with Crippen molar-refractivity contribution >= 4 is 20.0 Å². The van der Waals surface area contributed by atoms with Gasteiger partial charge in [-0.25, -0.2) is 16.8 Å². The molecule has 0 N–H and O–H groups in total. The van der Waals surface area contributed by atoms with Gasteiger partial charge >= 0.3 is 0 Å². The molecule has 1 aromatic rings. The number of hydrogen-bond acceptors (Lipinski definition) is 9. The Morgan fingerprint density at radius 1 is 0.658 bits per heavy atom. The van der Waals surface area contributed by atoms with Crippen molar-refractivity contribution < 1.29 is 31.0 Å². The molecule has 13 heteroatoms. The number of aromatic nitrogens is 2. The van der Waals surface area contributed by atoms with Crippen LogP contribution >= 0.6 is 0 Å². The molecule has 210 valence electrons. The molecule has 2 aliphatic carbocycles. The first-order valence-corrected chi connectivity index (χ1v) is 17.0. The molecule has 7 rings (SSSR count). The second-order valence-electron chi connectivity index (χ2n) is 11.9. The zero-order valence-corrected chi connectivity index (χ0v) is 23.3. The fourth-order valence-electron chi connectivity index (χ4n) is 7.27. The van der Waals surface area contributed by atoms with Gasteiger partial charge < -0.3 is 14.2 Å². The van der Waals surface area contributed by atoms with E-state index in [-0.39, 0.29) is 46.9 Å². The van der Waals surface area contributed by atoms with E-state index in [0.29, 0.717) is 43.2 Å². The molecule has 6 fully saturated rings.